The van der Waals surface area contributed by atoms with Crippen LogP contribution in [0.3, 0.4) is 0 Å². The lowest BCUT2D eigenvalue weighted by atomic mass is 9.97. The Morgan fingerprint density at radius 2 is 2.42 bits per heavy atom. The molecule has 0 radical (unpaired) electrons. The topological polar surface area (TPSA) is 42.4 Å². The summed E-state index contributed by atoms with van der Waals surface area (Å²) in [6.45, 7) is 2.39. The van der Waals surface area contributed by atoms with E-state index in [-0.39, 0.29) is 5.91 Å². The second-order valence-corrected chi connectivity index (χ2v) is 6.00. The molecule has 0 aliphatic carbocycles. The van der Waals surface area contributed by atoms with E-state index in [9.17, 15) is 4.79 Å². The van der Waals surface area contributed by atoms with E-state index in [2.05, 4.69) is 4.98 Å². The van der Waals surface area contributed by atoms with Gasteiger partial charge in [-0.15, -0.1) is 11.3 Å². The van der Waals surface area contributed by atoms with Crippen LogP contribution >= 0.6 is 11.3 Å². The van der Waals surface area contributed by atoms with Crippen molar-refractivity contribution in [1.29, 1.82) is 0 Å². The van der Waals surface area contributed by atoms with E-state index in [1.54, 1.807) is 17.6 Å². The lowest BCUT2D eigenvalue weighted by Gasteiger charge is -2.32. The zero-order chi connectivity index (χ0) is 13.1. The predicted octanol–water partition coefficient (Wildman–Crippen LogP) is 2.54. The summed E-state index contributed by atoms with van der Waals surface area (Å²) in [5.41, 5.74) is 0.825. The van der Waals surface area contributed by atoms with E-state index in [1.807, 2.05) is 16.5 Å². The summed E-state index contributed by atoms with van der Waals surface area (Å²) in [5.74, 6) is 0.559. The van der Waals surface area contributed by atoms with E-state index in [4.69, 9.17) is 4.74 Å². The van der Waals surface area contributed by atoms with E-state index >= 15 is 0 Å². The SMILES string of the molecule is O=C(C1=COCCC1)N1CCC[C@H](c2nccs2)C1. The molecule has 0 saturated carbocycles. The van der Waals surface area contributed by atoms with Crippen molar-refractivity contribution < 1.29 is 9.53 Å². The van der Waals surface area contributed by atoms with Crippen molar-refractivity contribution in [3.8, 4) is 0 Å². The molecule has 3 rings (SSSR count). The van der Waals surface area contributed by atoms with Crippen molar-refractivity contribution in [3.63, 3.8) is 0 Å². The largest absolute Gasteiger partial charge is 0.501 e. The summed E-state index contributed by atoms with van der Waals surface area (Å²) in [5, 5.41) is 3.17. The van der Waals surface area contributed by atoms with E-state index in [0.29, 0.717) is 5.92 Å². The minimum absolute atomic E-state index is 0.154. The van der Waals surface area contributed by atoms with Crippen LogP contribution in [-0.4, -0.2) is 35.5 Å². The normalized spacial score (nSPS) is 23.7. The molecule has 4 nitrogen and oxygen atoms in total. The average molecular weight is 278 g/mol. The van der Waals surface area contributed by atoms with Gasteiger partial charge >= 0.3 is 0 Å². The van der Waals surface area contributed by atoms with Crippen molar-refractivity contribution >= 4 is 17.2 Å². The number of hydrogen-bond donors (Lipinski definition) is 0. The summed E-state index contributed by atoms with van der Waals surface area (Å²) in [4.78, 5) is 18.8. The molecule has 0 spiro atoms. The highest BCUT2D eigenvalue weighted by atomic mass is 32.1. The number of aromatic nitrogens is 1. The third-order valence-electron chi connectivity index (χ3n) is 3.72. The van der Waals surface area contributed by atoms with Gasteiger partial charge < -0.3 is 9.64 Å². The Labute approximate surface area is 117 Å². The number of rotatable bonds is 2. The Morgan fingerprint density at radius 3 is 3.16 bits per heavy atom. The summed E-state index contributed by atoms with van der Waals surface area (Å²) in [6, 6.07) is 0. The van der Waals surface area contributed by atoms with Crippen molar-refractivity contribution in [2.75, 3.05) is 19.7 Å². The first-order valence-electron chi connectivity index (χ1n) is 6.84. The van der Waals surface area contributed by atoms with Crippen LogP contribution < -0.4 is 0 Å². The predicted molar refractivity (Wildman–Crippen MR) is 73.9 cm³/mol. The third kappa shape index (κ3) is 2.81. The van der Waals surface area contributed by atoms with Crippen LogP contribution in [0.25, 0.3) is 0 Å². The number of nitrogens with zero attached hydrogens (tertiary/aromatic N) is 2. The number of piperidine rings is 1. The molecule has 5 heteroatoms. The van der Waals surface area contributed by atoms with Gasteiger partial charge in [0.2, 0.25) is 0 Å². The highest BCUT2D eigenvalue weighted by molar-refractivity contribution is 7.09. The highest BCUT2D eigenvalue weighted by Gasteiger charge is 2.28. The molecule has 3 heterocycles. The van der Waals surface area contributed by atoms with Crippen LogP contribution in [0.1, 0.15) is 36.6 Å². The Balaban J connectivity index is 1.68. The zero-order valence-corrected chi connectivity index (χ0v) is 11.7. The quantitative estimate of drug-likeness (QED) is 0.835. The van der Waals surface area contributed by atoms with Gasteiger partial charge in [0.15, 0.2) is 0 Å². The molecule has 1 atom stereocenters. The first-order valence-corrected chi connectivity index (χ1v) is 7.72. The first kappa shape index (κ1) is 12.7. The minimum Gasteiger partial charge on any atom is -0.501 e. The molecule has 2 aliphatic rings. The van der Waals surface area contributed by atoms with Crippen LogP contribution in [0, 0.1) is 0 Å². The Bertz CT molecular complexity index is 470. The fraction of sp³-hybridized carbons (Fsp3) is 0.571. The third-order valence-corrected chi connectivity index (χ3v) is 4.66. The summed E-state index contributed by atoms with van der Waals surface area (Å²) >= 11 is 1.69. The number of hydrogen-bond acceptors (Lipinski definition) is 4. The summed E-state index contributed by atoms with van der Waals surface area (Å²) in [6.07, 6.45) is 7.48. The van der Waals surface area contributed by atoms with Crippen molar-refractivity contribution in [1.82, 2.24) is 9.88 Å². The number of ether oxygens (including phenoxy) is 1. The second-order valence-electron chi connectivity index (χ2n) is 5.08. The molecule has 0 N–H and O–H groups in total. The van der Waals surface area contributed by atoms with Crippen molar-refractivity contribution in [2.45, 2.75) is 31.6 Å². The standard InChI is InChI=1S/C14H18N2O2S/c17-14(12-4-2-7-18-10-12)16-6-1-3-11(9-16)13-15-5-8-19-13/h5,8,10-11H,1-4,6-7,9H2/t11-/m0/s1. The Morgan fingerprint density at radius 1 is 1.47 bits per heavy atom. The maximum atomic E-state index is 12.4. The van der Waals surface area contributed by atoms with E-state index in [0.717, 1.165) is 56.0 Å². The molecule has 1 saturated heterocycles. The highest BCUT2D eigenvalue weighted by Crippen LogP contribution is 2.29. The molecule has 19 heavy (non-hydrogen) atoms. The molecule has 1 aromatic rings. The maximum absolute atomic E-state index is 12.4. The number of carbonyl (C=O) groups excluding carboxylic acids is 1. The maximum Gasteiger partial charge on any atom is 0.252 e. The molecular weight excluding hydrogens is 260 g/mol. The molecule has 0 aromatic carbocycles. The molecule has 1 aromatic heterocycles. The summed E-state index contributed by atoms with van der Waals surface area (Å²) in [7, 11) is 0. The van der Waals surface area contributed by atoms with Crippen LogP contribution in [0.2, 0.25) is 0 Å². The Hall–Kier alpha value is -1.36. The molecule has 1 fully saturated rings. The van der Waals surface area contributed by atoms with Crippen LogP contribution in [0.5, 0.6) is 0 Å². The van der Waals surface area contributed by atoms with Gasteiger partial charge in [0.25, 0.3) is 5.91 Å². The monoisotopic (exact) mass is 278 g/mol. The van der Waals surface area contributed by atoms with Crippen molar-refractivity contribution in [3.05, 3.63) is 28.4 Å². The van der Waals surface area contributed by atoms with Crippen LogP contribution in [0.15, 0.2) is 23.4 Å². The van der Waals surface area contributed by atoms with Gasteiger partial charge in [-0.1, -0.05) is 0 Å². The van der Waals surface area contributed by atoms with E-state index in [1.165, 1.54) is 0 Å². The molecule has 102 valence electrons. The van der Waals surface area contributed by atoms with E-state index < -0.39 is 0 Å². The Kier molecular flexibility index (Phi) is 3.82. The molecule has 0 unspecified atom stereocenters. The minimum atomic E-state index is 0.154. The number of carbonyl (C=O) groups is 1. The molecule has 2 aliphatic heterocycles. The van der Waals surface area contributed by atoms with Gasteiger partial charge in [0.05, 0.1) is 23.4 Å². The first-order chi connectivity index (χ1) is 9.34. The lowest BCUT2D eigenvalue weighted by molar-refractivity contribution is -0.128. The van der Waals surface area contributed by atoms with Gasteiger partial charge in [-0.25, -0.2) is 4.98 Å². The van der Waals surface area contributed by atoms with Crippen LogP contribution in [-0.2, 0) is 9.53 Å². The van der Waals surface area contributed by atoms with Crippen LogP contribution in [0.4, 0.5) is 0 Å². The zero-order valence-electron chi connectivity index (χ0n) is 10.9. The van der Waals surface area contributed by atoms with Crippen molar-refractivity contribution in [2.24, 2.45) is 0 Å². The van der Waals surface area contributed by atoms with Gasteiger partial charge in [-0.05, 0) is 25.7 Å². The molecular formula is C14H18N2O2S. The fourth-order valence-corrected chi connectivity index (χ4v) is 3.49. The number of likely N-dealkylation sites (tertiary alicyclic amines) is 1. The average Bonchev–Trinajstić information content (AvgIpc) is 3.02. The molecule has 1 amide bonds. The molecule has 0 bridgehead atoms. The van der Waals surface area contributed by atoms with Gasteiger partial charge in [-0.3, -0.25) is 4.79 Å². The number of amides is 1. The van der Waals surface area contributed by atoms with Gasteiger partial charge in [0.1, 0.15) is 0 Å². The smallest absolute Gasteiger partial charge is 0.252 e. The fourth-order valence-electron chi connectivity index (χ4n) is 2.72. The second kappa shape index (κ2) is 5.74. The van der Waals surface area contributed by atoms with Gasteiger partial charge in [0, 0.05) is 30.6 Å². The number of thiazole rings is 1. The lowest BCUT2D eigenvalue weighted by Crippen LogP contribution is -2.40. The summed E-state index contributed by atoms with van der Waals surface area (Å²) < 4.78 is 5.27. The van der Waals surface area contributed by atoms with Gasteiger partial charge in [-0.2, -0.15) is 0 Å².